The summed E-state index contributed by atoms with van der Waals surface area (Å²) in [5.74, 6) is -1.36. The molecule has 1 aliphatic heterocycles. The van der Waals surface area contributed by atoms with Gasteiger partial charge in [0.25, 0.3) is 5.91 Å². The molecule has 1 fully saturated rings. The molecule has 1 aliphatic rings. The Labute approximate surface area is 197 Å². The average Bonchev–Trinajstić information content (AvgIpc) is 2.79. The molecule has 0 radical (unpaired) electrons. The second-order valence-electron chi connectivity index (χ2n) is 7.64. The van der Waals surface area contributed by atoms with E-state index >= 15 is 0 Å². The standard InChI is InChI=1S/C23H21F4N3O5/c24-18-13-30(21(31)11-14-1-3-15(4-2-14)35-23(25,26)27)9-7-19(18)34-20-12-16(33-10-8-28)5-6-17(20)22(29)32/h1-6,12,18-19H,7,9-11,13H2,(H2,29,32)/t18-,19?/m0/s1. The molecule has 0 spiro atoms. The van der Waals surface area contributed by atoms with Gasteiger partial charge in [-0.3, -0.25) is 9.59 Å². The normalized spacial score (nSPS) is 17.9. The van der Waals surface area contributed by atoms with Crippen LogP contribution in [-0.4, -0.2) is 55.0 Å². The molecule has 0 saturated carbocycles. The lowest BCUT2D eigenvalue weighted by atomic mass is 10.0. The van der Waals surface area contributed by atoms with E-state index in [9.17, 15) is 27.2 Å². The Morgan fingerprint density at radius 3 is 2.43 bits per heavy atom. The second-order valence-corrected chi connectivity index (χ2v) is 7.64. The van der Waals surface area contributed by atoms with Crippen LogP contribution in [0.15, 0.2) is 42.5 Å². The van der Waals surface area contributed by atoms with E-state index in [0.29, 0.717) is 5.56 Å². The molecule has 0 aromatic heterocycles. The van der Waals surface area contributed by atoms with Crippen LogP contribution in [0.2, 0.25) is 0 Å². The number of ether oxygens (including phenoxy) is 3. The minimum atomic E-state index is -4.82. The Morgan fingerprint density at radius 2 is 1.83 bits per heavy atom. The van der Waals surface area contributed by atoms with Crippen molar-refractivity contribution in [3.8, 4) is 23.3 Å². The fourth-order valence-corrected chi connectivity index (χ4v) is 3.51. The first-order chi connectivity index (χ1) is 16.6. The number of nitrogens with two attached hydrogens (primary N) is 1. The number of benzene rings is 2. The fourth-order valence-electron chi connectivity index (χ4n) is 3.51. The van der Waals surface area contributed by atoms with E-state index in [1.54, 1.807) is 6.07 Å². The Bertz CT molecular complexity index is 1100. The van der Waals surface area contributed by atoms with Crippen molar-refractivity contribution in [1.29, 1.82) is 5.26 Å². The summed E-state index contributed by atoms with van der Waals surface area (Å²) in [5, 5.41) is 8.64. The molecule has 12 heteroatoms. The minimum Gasteiger partial charge on any atom is -0.486 e. The smallest absolute Gasteiger partial charge is 0.486 e. The van der Waals surface area contributed by atoms with Crippen molar-refractivity contribution in [2.24, 2.45) is 5.73 Å². The molecular formula is C23H21F4N3O5. The summed E-state index contributed by atoms with van der Waals surface area (Å²) >= 11 is 0. The van der Waals surface area contributed by atoms with E-state index in [1.165, 1.54) is 35.2 Å². The summed E-state index contributed by atoms with van der Waals surface area (Å²) in [7, 11) is 0. The van der Waals surface area contributed by atoms with Crippen LogP contribution in [-0.2, 0) is 11.2 Å². The molecule has 3 rings (SSSR count). The third-order valence-corrected chi connectivity index (χ3v) is 5.15. The molecule has 186 valence electrons. The quantitative estimate of drug-likeness (QED) is 0.563. The molecule has 1 unspecified atom stereocenters. The van der Waals surface area contributed by atoms with Crippen LogP contribution in [0.5, 0.6) is 17.2 Å². The zero-order valence-electron chi connectivity index (χ0n) is 18.3. The minimum absolute atomic E-state index is 0.00142. The largest absolute Gasteiger partial charge is 0.573 e. The lowest BCUT2D eigenvalue weighted by Gasteiger charge is -2.35. The highest BCUT2D eigenvalue weighted by Crippen LogP contribution is 2.29. The Kier molecular flexibility index (Phi) is 8.01. The van der Waals surface area contributed by atoms with Crippen molar-refractivity contribution in [2.75, 3.05) is 19.7 Å². The molecule has 8 nitrogen and oxygen atoms in total. The molecule has 0 bridgehead atoms. The van der Waals surface area contributed by atoms with E-state index < -0.39 is 36.2 Å². The van der Waals surface area contributed by atoms with Gasteiger partial charge in [-0.25, -0.2) is 4.39 Å². The number of amides is 2. The number of alkyl halides is 4. The zero-order valence-corrected chi connectivity index (χ0v) is 18.3. The number of nitrogens with zero attached hydrogens (tertiary/aromatic N) is 2. The monoisotopic (exact) mass is 495 g/mol. The third-order valence-electron chi connectivity index (χ3n) is 5.15. The number of halogens is 4. The van der Waals surface area contributed by atoms with Gasteiger partial charge in [0.1, 0.15) is 29.4 Å². The number of hydrogen-bond donors (Lipinski definition) is 1. The molecule has 1 heterocycles. The fraction of sp³-hybridized carbons (Fsp3) is 0.348. The number of carbonyl (C=O) groups excluding carboxylic acids is 2. The highest BCUT2D eigenvalue weighted by atomic mass is 19.4. The number of piperidine rings is 1. The zero-order chi connectivity index (χ0) is 25.6. The maximum absolute atomic E-state index is 14.9. The number of primary amides is 1. The summed E-state index contributed by atoms with van der Waals surface area (Å²) in [6, 6.07) is 10.8. The summed E-state index contributed by atoms with van der Waals surface area (Å²) in [5.41, 5.74) is 5.81. The van der Waals surface area contributed by atoms with Crippen molar-refractivity contribution in [3.63, 3.8) is 0 Å². The van der Waals surface area contributed by atoms with Gasteiger partial charge in [0, 0.05) is 19.0 Å². The predicted molar refractivity (Wildman–Crippen MR) is 113 cm³/mol. The first-order valence-corrected chi connectivity index (χ1v) is 10.4. The molecule has 2 aromatic carbocycles. The molecule has 35 heavy (non-hydrogen) atoms. The van der Waals surface area contributed by atoms with E-state index in [4.69, 9.17) is 20.5 Å². The van der Waals surface area contributed by atoms with Crippen LogP contribution >= 0.6 is 0 Å². The summed E-state index contributed by atoms with van der Waals surface area (Å²) in [6.07, 6.45) is -7.38. The molecule has 2 amide bonds. The number of rotatable bonds is 8. The van der Waals surface area contributed by atoms with E-state index in [2.05, 4.69) is 4.74 Å². The Morgan fingerprint density at radius 1 is 1.14 bits per heavy atom. The predicted octanol–water partition coefficient (Wildman–Crippen LogP) is 3.15. The van der Waals surface area contributed by atoms with E-state index in [1.807, 2.05) is 0 Å². The summed E-state index contributed by atoms with van der Waals surface area (Å²) in [4.78, 5) is 25.6. The van der Waals surface area contributed by atoms with Crippen LogP contribution < -0.4 is 19.9 Å². The lowest BCUT2D eigenvalue weighted by molar-refractivity contribution is -0.274. The van der Waals surface area contributed by atoms with Gasteiger partial charge >= 0.3 is 6.36 Å². The van der Waals surface area contributed by atoms with Crippen LogP contribution in [0, 0.1) is 11.3 Å². The molecule has 2 N–H and O–H groups in total. The van der Waals surface area contributed by atoms with Crippen molar-refractivity contribution in [1.82, 2.24) is 4.90 Å². The van der Waals surface area contributed by atoms with Gasteiger partial charge in [-0.05, 0) is 29.8 Å². The second kappa shape index (κ2) is 10.9. The maximum Gasteiger partial charge on any atom is 0.573 e. The van der Waals surface area contributed by atoms with Crippen LogP contribution in [0.1, 0.15) is 22.3 Å². The lowest BCUT2D eigenvalue weighted by Crippen LogP contribution is -2.49. The van der Waals surface area contributed by atoms with Crippen molar-refractivity contribution < 1.29 is 41.4 Å². The average molecular weight is 495 g/mol. The van der Waals surface area contributed by atoms with Crippen molar-refractivity contribution >= 4 is 11.8 Å². The van der Waals surface area contributed by atoms with Gasteiger partial charge < -0.3 is 24.8 Å². The highest BCUT2D eigenvalue weighted by Gasteiger charge is 2.34. The van der Waals surface area contributed by atoms with Crippen LogP contribution in [0.25, 0.3) is 0 Å². The Hall–Kier alpha value is -4.01. The first kappa shape index (κ1) is 25.6. The molecule has 0 aliphatic carbocycles. The summed E-state index contributed by atoms with van der Waals surface area (Å²) < 4.78 is 66.4. The van der Waals surface area contributed by atoms with Crippen molar-refractivity contribution in [3.05, 3.63) is 53.6 Å². The molecule has 2 aromatic rings. The number of carbonyl (C=O) groups is 2. The molecule has 2 atom stereocenters. The third kappa shape index (κ3) is 7.23. The SMILES string of the molecule is N#CCOc1ccc(C(N)=O)c(OC2CCN(C(=O)Cc3ccc(OC(F)(F)F)cc3)C[C@@H]2F)c1. The first-order valence-electron chi connectivity index (χ1n) is 10.4. The maximum atomic E-state index is 14.9. The van der Waals surface area contributed by atoms with Crippen molar-refractivity contribution in [2.45, 2.75) is 31.5 Å². The molecular weight excluding hydrogens is 474 g/mol. The van der Waals surface area contributed by atoms with Gasteiger partial charge in [-0.15, -0.1) is 13.2 Å². The Balaban J connectivity index is 1.60. The number of likely N-dealkylation sites (tertiary alicyclic amines) is 1. The number of nitriles is 1. The van der Waals surface area contributed by atoms with Gasteiger partial charge in [-0.2, -0.15) is 5.26 Å². The van der Waals surface area contributed by atoms with E-state index in [-0.39, 0.29) is 49.6 Å². The van der Waals surface area contributed by atoms with Gasteiger partial charge in [0.2, 0.25) is 5.91 Å². The van der Waals surface area contributed by atoms with Gasteiger partial charge in [0.05, 0.1) is 18.5 Å². The van der Waals surface area contributed by atoms with Crippen LogP contribution in [0.3, 0.4) is 0 Å². The number of hydrogen-bond acceptors (Lipinski definition) is 6. The highest BCUT2D eigenvalue weighted by molar-refractivity contribution is 5.95. The van der Waals surface area contributed by atoms with Gasteiger partial charge in [-0.1, -0.05) is 12.1 Å². The van der Waals surface area contributed by atoms with E-state index in [0.717, 1.165) is 12.1 Å². The molecule has 1 saturated heterocycles. The van der Waals surface area contributed by atoms with Gasteiger partial charge in [0.15, 0.2) is 12.8 Å². The summed E-state index contributed by atoms with van der Waals surface area (Å²) in [6.45, 7) is -0.343. The van der Waals surface area contributed by atoms with Crippen LogP contribution in [0.4, 0.5) is 17.6 Å². The topological polar surface area (TPSA) is 115 Å².